The smallest absolute Gasteiger partial charge is 0.163 e. The van der Waals surface area contributed by atoms with Gasteiger partial charge < -0.3 is 14.6 Å². The highest BCUT2D eigenvalue weighted by molar-refractivity contribution is 5.18. The van der Waals surface area contributed by atoms with Crippen LogP contribution in [0.4, 0.5) is 0 Å². The minimum absolute atomic E-state index is 0.0707. The van der Waals surface area contributed by atoms with E-state index in [1.165, 1.54) is 12.8 Å². The van der Waals surface area contributed by atoms with E-state index in [4.69, 9.17) is 9.47 Å². The third-order valence-electron chi connectivity index (χ3n) is 6.80. The van der Waals surface area contributed by atoms with Gasteiger partial charge in [0.2, 0.25) is 0 Å². The summed E-state index contributed by atoms with van der Waals surface area (Å²) in [6, 6.07) is 0. The normalized spacial score (nSPS) is 58.5. The van der Waals surface area contributed by atoms with Crippen LogP contribution in [0.5, 0.6) is 0 Å². The van der Waals surface area contributed by atoms with Gasteiger partial charge in [-0.05, 0) is 56.3 Å². The Kier molecular flexibility index (Phi) is 2.44. The number of fused-ring (bicyclic) bond motifs is 1. The van der Waals surface area contributed by atoms with Crippen LogP contribution < -0.4 is 0 Å². The van der Waals surface area contributed by atoms with Crippen LogP contribution in [0.1, 0.15) is 53.9 Å². The second kappa shape index (κ2) is 3.61. The van der Waals surface area contributed by atoms with Crippen molar-refractivity contribution in [3.63, 3.8) is 0 Å². The maximum absolute atomic E-state index is 10.8. The Morgan fingerprint density at radius 2 is 1.65 bits per heavy atom. The zero-order valence-corrected chi connectivity index (χ0v) is 13.3. The fraction of sp³-hybridized carbons (Fsp3) is 1.00. The van der Waals surface area contributed by atoms with Crippen molar-refractivity contribution in [2.24, 2.45) is 28.6 Å². The molecule has 1 saturated heterocycles. The van der Waals surface area contributed by atoms with Crippen molar-refractivity contribution >= 4 is 0 Å². The lowest BCUT2D eigenvalue weighted by atomic mass is 9.48. The van der Waals surface area contributed by atoms with Gasteiger partial charge in [0, 0.05) is 5.41 Å². The van der Waals surface area contributed by atoms with Gasteiger partial charge in [-0.2, -0.15) is 0 Å². The molecule has 0 radical (unpaired) electrons. The van der Waals surface area contributed by atoms with Crippen LogP contribution in [0.25, 0.3) is 0 Å². The fourth-order valence-corrected chi connectivity index (χ4v) is 6.04. The summed E-state index contributed by atoms with van der Waals surface area (Å²) in [4.78, 5) is 0. The van der Waals surface area contributed by atoms with Gasteiger partial charge in [0.1, 0.15) is 0 Å². The Morgan fingerprint density at radius 1 is 0.950 bits per heavy atom. The van der Waals surface area contributed by atoms with Crippen molar-refractivity contribution in [3.05, 3.63) is 0 Å². The zero-order chi connectivity index (χ0) is 14.5. The first-order chi connectivity index (χ1) is 9.14. The lowest BCUT2D eigenvalue weighted by Crippen LogP contribution is -2.66. The molecule has 0 aromatic carbocycles. The lowest BCUT2D eigenvalue weighted by molar-refractivity contribution is -0.212. The Hall–Kier alpha value is -0.120. The van der Waals surface area contributed by atoms with Crippen LogP contribution in [0, 0.1) is 28.6 Å². The van der Waals surface area contributed by atoms with Crippen molar-refractivity contribution in [2.45, 2.75) is 78.0 Å². The lowest BCUT2D eigenvalue weighted by Gasteiger charge is -2.60. The van der Waals surface area contributed by atoms with E-state index in [1.54, 1.807) is 0 Å². The van der Waals surface area contributed by atoms with E-state index in [2.05, 4.69) is 20.8 Å². The molecule has 114 valence electrons. The highest BCUT2D eigenvalue weighted by Crippen LogP contribution is 2.68. The Balaban J connectivity index is 1.78. The zero-order valence-electron chi connectivity index (χ0n) is 13.3. The first kappa shape index (κ1) is 13.5. The van der Waals surface area contributed by atoms with Crippen molar-refractivity contribution in [1.82, 2.24) is 0 Å². The van der Waals surface area contributed by atoms with Gasteiger partial charge in [-0.15, -0.1) is 0 Å². The molecule has 1 aliphatic heterocycles. The number of aliphatic hydroxyl groups is 1. The molecule has 0 unspecified atom stereocenters. The van der Waals surface area contributed by atoms with Crippen molar-refractivity contribution in [1.29, 1.82) is 0 Å². The summed E-state index contributed by atoms with van der Waals surface area (Å²) >= 11 is 0. The fourth-order valence-electron chi connectivity index (χ4n) is 6.04. The molecule has 0 spiro atoms. The van der Waals surface area contributed by atoms with Crippen LogP contribution in [-0.2, 0) is 9.47 Å². The van der Waals surface area contributed by atoms with Crippen LogP contribution in [0.2, 0.25) is 0 Å². The minimum atomic E-state index is -0.493. The first-order valence-corrected chi connectivity index (χ1v) is 8.18. The monoisotopic (exact) mass is 280 g/mol. The summed E-state index contributed by atoms with van der Waals surface area (Å²) in [5.74, 6) is 1.28. The molecular weight excluding hydrogens is 252 g/mol. The molecule has 7 atom stereocenters. The quantitative estimate of drug-likeness (QED) is 0.741. The highest BCUT2D eigenvalue weighted by Gasteiger charge is 2.71. The molecule has 0 aromatic heterocycles. The van der Waals surface area contributed by atoms with Gasteiger partial charge in [0.15, 0.2) is 5.79 Å². The Morgan fingerprint density at radius 3 is 2.35 bits per heavy atom. The molecule has 4 saturated carbocycles. The van der Waals surface area contributed by atoms with E-state index in [-0.39, 0.29) is 23.7 Å². The molecule has 0 amide bonds. The molecule has 5 fully saturated rings. The van der Waals surface area contributed by atoms with Crippen LogP contribution >= 0.6 is 0 Å². The summed E-state index contributed by atoms with van der Waals surface area (Å²) in [5.41, 5.74) is 0.263. The minimum Gasteiger partial charge on any atom is -0.392 e. The average Bonchev–Trinajstić information content (AvgIpc) is 2.80. The number of hydrogen-bond acceptors (Lipinski definition) is 3. The summed E-state index contributed by atoms with van der Waals surface area (Å²) in [5, 5.41) is 10.8. The number of ether oxygens (including phenoxy) is 2. The van der Waals surface area contributed by atoms with Gasteiger partial charge in [-0.1, -0.05) is 20.8 Å². The molecule has 3 nitrogen and oxygen atoms in total. The van der Waals surface area contributed by atoms with E-state index < -0.39 is 5.79 Å². The largest absolute Gasteiger partial charge is 0.392 e. The summed E-state index contributed by atoms with van der Waals surface area (Å²) in [6.07, 6.45) is 3.41. The van der Waals surface area contributed by atoms with E-state index in [9.17, 15) is 5.11 Å². The standard InChI is InChI=1S/C17H28O3/c1-15(2)7-10-9-6-12(18)17(5,11(10)8-15)14-13(9)19-16(3,4)20-14/h9-14,18H,6-8H2,1-5H3/t9-,10+,11+,12+,13+,14+,17-/m1/s1. The predicted octanol–water partition coefficient (Wildman–Crippen LogP) is 2.96. The van der Waals surface area contributed by atoms with E-state index >= 15 is 0 Å². The molecule has 0 aromatic rings. The number of rotatable bonds is 0. The number of aliphatic hydroxyl groups excluding tert-OH is 1. The maximum atomic E-state index is 10.8. The molecule has 1 heterocycles. The van der Waals surface area contributed by atoms with Crippen molar-refractivity contribution in [2.75, 3.05) is 0 Å². The topological polar surface area (TPSA) is 38.7 Å². The average molecular weight is 280 g/mol. The second-order valence-corrected chi connectivity index (χ2v) is 9.14. The third-order valence-corrected chi connectivity index (χ3v) is 6.80. The summed E-state index contributed by atoms with van der Waals surface area (Å²) < 4.78 is 12.5. The predicted molar refractivity (Wildman–Crippen MR) is 76.0 cm³/mol. The SMILES string of the molecule is CC1(C)C[C@H]2[C@H]3C[C@H](O)[C@@](C)([C@H]2C1)[C@H]1OC(C)(C)O[C@@H]31. The van der Waals surface area contributed by atoms with Gasteiger partial charge in [0.05, 0.1) is 18.3 Å². The third kappa shape index (κ3) is 1.52. The van der Waals surface area contributed by atoms with E-state index in [0.29, 0.717) is 23.2 Å². The molecule has 4 aliphatic carbocycles. The highest BCUT2D eigenvalue weighted by atomic mass is 16.8. The molecule has 1 N–H and O–H groups in total. The summed E-state index contributed by atoms with van der Waals surface area (Å²) in [7, 11) is 0. The molecule has 3 heteroatoms. The van der Waals surface area contributed by atoms with Gasteiger partial charge in [-0.25, -0.2) is 0 Å². The molecule has 2 bridgehead atoms. The van der Waals surface area contributed by atoms with E-state index in [1.807, 2.05) is 13.8 Å². The van der Waals surface area contributed by atoms with Gasteiger partial charge in [0.25, 0.3) is 0 Å². The Labute approximate surface area is 122 Å². The molecule has 20 heavy (non-hydrogen) atoms. The van der Waals surface area contributed by atoms with Crippen molar-refractivity contribution in [3.8, 4) is 0 Å². The Bertz CT molecular complexity index is 410. The maximum Gasteiger partial charge on any atom is 0.163 e. The van der Waals surface area contributed by atoms with Gasteiger partial charge >= 0.3 is 0 Å². The van der Waals surface area contributed by atoms with Gasteiger partial charge in [-0.3, -0.25) is 0 Å². The van der Waals surface area contributed by atoms with Crippen LogP contribution in [0.15, 0.2) is 0 Å². The first-order valence-electron chi connectivity index (χ1n) is 8.18. The number of hydrogen-bond donors (Lipinski definition) is 1. The van der Waals surface area contributed by atoms with Crippen molar-refractivity contribution < 1.29 is 14.6 Å². The molecular formula is C17H28O3. The second-order valence-electron chi connectivity index (χ2n) is 9.14. The van der Waals surface area contributed by atoms with E-state index in [0.717, 1.165) is 6.42 Å². The van der Waals surface area contributed by atoms with Crippen LogP contribution in [-0.4, -0.2) is 29.2 Å². The molecule has 5 rings (SSSR count). The molecule has 5 aliphatic rings. The van der Waals surface area contributed by atoms with Crippen LogP contribution in [0.3, 0.4) is 0 Å². The summed E-state index contributed by atoms with van der Waals surface area (Å²) in [6.45, 7) is 11.0.